The number of fused-ring (bicyclic) bond motifs is 2. The molecule has 0 saturated carbocycles. The van der Waals surface area contributed by atoms with Gasteiger partial charge < -0.3 is 9.32 Å². The Labute approximate surface area is 228 Å². The van der Waals surface area contributed by atoms with Gasteiger partial charge in [0.1, 0.15) is 11.3 Å². The van der Waals surface area contributed by atoms with Crippen LogP contribution in [0.25, 0.3) is 44.2 Å². The minimum atomic E-state index is 0.912. The molecule has 2 heteroatoms. The topological polar surface area (TPSA) is 16.4 Å². The van der Waals surface area contributed by atoms with E-state index in [1.54, 1.807) is 0 Å². The van der Waals surface area contributed by atoms with Gasteiger partial charge >= 0.3 is 0 Å². The van der Waals surface area contributed by atoms with Crippen molar-refractivity contribution < 1.29 is 4.42 Å². The molecule has 0 fully saturated rings. The van der Waals surface area contributed by atoms with Crippen LogP contribution in [0, 0.1) is 6.92 Å². The van der Waals surface area contributed by atoms with Gasteiger partial charge in [0.15, 0.2) is 0 Å². The lowest BCUT2D eigenvalue weighted by Gasteiger charge is -2.27. The molecule has 0 N–H and O–H groups in total. The molecule has 0 saturated heterocycles. The Morgan fingerprint density at radius 2 is 1.13 bits per heavy atom. The molecule has 2 nitrogen and oxygen atoms in total. The molecule has 0 unspecified atom stereocenters. The van der Waals surface area contributed by atoms with E-state index in [1.165, 1.54) is 21.9 Å². The Morgan fingerprint density at radius 1 is 0.487 bits per heavy atom. The average molecular weight is 502 g/mol. The van der Waals surface area contributed by atoms with Crippen LogP contribution in [0.5, 0.6) is 0 Å². The minimum absolute atomic E-state index is 0.912. The number of hydrogen-bond acceptors (Lipinski definition) is 2. The van der Waals surface area contributed by atoms with Crippen LogP contribution in [-0.2, 0) is 0 Å². The molecular formula is C37H27NO. The number of rotatable bonds is 5. The third-order valence-electron chi connectivity index (χ3n) is 7.45. The number of nitrogens with zero attached hydrogens (tertiary/aromatic N) is 1. The molecule has 0 bridgehead atoms. The summed E-state index contributed by atoms with van der Waals surface area (Å²) in [5.41, 5.74) is 8.86. The maximum absolute atomic E-state index is 6.35. The van der Waals surface area contributed by atoms with E-state index in [0.29, 0.717) is 0 Å². The van der Waals surface area contributed by atoms with Crippen LogP contribution in [0.1, 0.15) is 5.56 Å². The van der Waals surface area contributed by atoms with Gasteiger partial charge in [-0.25, -0.2) is 0 Å². The second-order valence-corrected chi connectivity index (χ2v) is 9.85. The van der Waals surface area contributed by atoms with Crippen molar-refractivity contribution in [3.8, 4) is 22.5 Å². The van der Waals surface area contributed by atoms with E-state index in [-0.39, 0.29) is 0 Å². The summed E-state index contributed by atoms with van der Waals surface area (Å²) in [7, 11) is 0. The van der Waals surface area contributed by atoms with Gasteiger partial charge in [-0.3, -0.25) is 0 Å². The zero-order valence-corrected chi connectivity index (χ0v) is 21.7. The van der Waals surface area contributed by atoms with Crippen LogP contribution in [0.15, 0.2) is 150 Å². The Morgan fingerprint density at radius 3 is 1.95 bits per heavy atom. The molecule has 1 heterocycles. The zero-order valence-electron chi connectivity index (χ0n) is 21.7. The summed E-state index contributed by atoms with van der Waals surface area (Å²) in [6, 6.07) is 51.3. The standard InChI is InChI=1S/C37H27NO/c1-26-33-17-7-8-20-36(33)39-37(26)30-15-9-16-32(25-30)38(35-19-10-14-29-13-5-6-18-34(29)35)31-23-21-28(22-24-31)27-11-3-2-4-12-27/h2-25H,1H3. The number of anilines is 3. The first-order valence-corrected chi connectivity index (χ1v) is 13.3. The first-order valence-electron chi connectivity index (χ1n) is 13.3. The lowest BCUT2D eigenvalue weighted by molar-refractivity contribution is 0.629. The summed E-state index contributed by atoms with van der Waals surface area (Å²) in [4.78, 5) is 2.35. The molecule has 0 aliphatic carbocycles. The van der Waals surface area contributed by atoms with Crippen molar-refractivity contribution in [2.75, 3.05) is 4.90 Å². The van der Waals surface area contributed by atoms with Crippen molar-refractivity contribution in [2.24, 2.45) is 0 Å². The van der Waals surface area contributed by atoms with E-state index in [1.807, 2.05) is 12.1 Å². The van der Waals surface area contributed by atoms with Crippen molar-refractivity contribution in [3.63, 3.8) is 0 Å². The van der Waals surface area contributed by atoms with E-state index < -0.39 is 0 Å². The summed E-state index contributed by atoms with van der Waals surface area (Å²) in [6.07, 6.45) is 0. The predicted octanol–water partition coefficient (Wildman–Crippen LogP) is 10.7. The highest BCUT2D eigenvalue weighted by Crippen LogP contribution is 2.41. The highest BCUT2D eigenvalue weighted by Gasteiger charge is 2.18. The Hall–Kier alpha value is -5.08. The van der Waals surface area contributed by atoms with Gasteiger partial charge in [-0.2, -0.15) is 0 Å². The van der Waals surface area contributed by atoms with Crippen LogP contribution < -0.4 is 4.90 Å². The van der Waals surface area contributed by atoms with E-state index in [9.17, 15) is 0 Å². The average Bonchev–Trinajstić information content (AvgIpc) is 3.35. The fourth-order valence-electron chi connectivity index (χ4n) is 5.50. The van der Waals surface area contributed by atoms with Crippen LogP contribution >= 0.6 is 0 Å². The fraction of sp³-hybridized carbons (Fsp3) is 0.0270. The molecule has 0 atom stereocenters. The smallest absolute Gasteiger partial charge is 0.138 e. The first kappa shape index (κ1) is 23.1. The molecule has 6 aromatic carbocycles. The number of hydrogen-bond donors (Lipinski definition) is 0. The molecule has 0 aliphatic heterocycles. The quantitative estimate of drug-likeness (QED) is 0.233. The molecule has 7 aromatic rings. The van der Waals surface area contributed by atoms with Crippen molar-refractivity contribution in [1.29, 1.82) is 0 Å². The molecule has 186 valence electrons. The largest absolute Gasteiger partial charge is 0.456 e. The van der Waals surface area contributed by atoms with Gasteiger partial charge in [-0.1, -0.05) is 109 Å². The van der Waals surface area contributed by atoms with Crippen molar-refractivity contribution in [3.05, 3.63) is 151 Å². The third kappa shape index (κ3) is 4.17. The minimum Gasteiger partial charge on any atom is -0.456 e. The van der Waals surface area contributed by atoms with E-state index >= 15 is 0 Å². The second-order valence-electron chi connectivity index (χ2n) is 9.85. The van der Waals surface area contributed by atoms with Gasteiger partial charge in [0.25, 0.3) is 0 Å². The monoisotopic (exact) mass is 501 g/mol. The molecule has 0 aliphatic rings. The number of aryl methyl sites for hydroxylation is 1. The predicted molar refractivity (Wildman–Crippen MR) is 164 cm³/mol. The third-order valence-corrected chi connectivity index (χ3v) is 7.45. The first-order chi connectivity index (χ1) is 19.3. The Bertz CT molecular complexity index is 1910. The highest BCUT2D eigenvalue weighted by atomic mass is 16.3. The summed E-state index contributed by atoms with van der Waals surface area (Å²) < 4.78 is 6.35. The Kier molecular flexibility index (Phi) is 5.71. The van der Waals surface area contributed by atoms with Gasteiger partial charge in [-0.05, 0) is 59.8 Å². The van der Waals surface area contributed by atoms with Crippen LogP contribution in [0.3, 0.4) is 0 Å². The molecule has 39 heavy (non-hydrogen) atoms. The van der Waals surface area contributed by atoms with E-state index in [0.717, 1.165) is 44.9 Å². The van der Waals surface area contributed by atoms with Crippen molar-refractivity contribution >= 4 is 38.8 Å². The van der Waals surface area contributed by atoms with E-state index in [2.05, 4.69) is 145 Å². The van der Waals surface area contributed by atoms with Gasteiger partial charge in [0.2, 0.25) is 0 Å². The van der Waals surface area contributed by atoms with E-state index in [4.69, 9.17) is 4.42 Å². The summed E-state index contributed by atoms with van der Waals surface area (Å²) in [5, 5.41) is 3.57. The SMILES string of the molecule is Cc1c(-c2cccc(N(c3ccc(-c4ccccc4)cc3)c3cccc4ccccc34)c2)oc2ccccc12. The van der Waals surface area contributed by atoms with Gasteiger partial charge in [0, 0.05) is 33.3 Å². The van der Waals surface area contributed by atoms with Crippen LogP contribution in [-0.4, -0.2) is 0 Å². The second kappa shape index (κ2) is 9.66. The van der Waals surface area contributed by atoms with Crippen LogP contribution in [0.4, 0.5) is 17.1 Å². The molecule has 0 radical (unpaired) electrons. The van der Waals surface area contributed by atoms with Gasteiger partial charge in [0.05, 0.1) is 5.69 Å². The van der Waals surface area contributed by atoms with Crippen LogP contribution in [0.2, 0.25) is 0 Å². The number of furan rings is 1. The van der Waals surface area contributed by atoms with Gasteiger partial charge in [-0.15, -0.1) is 0 Å². The molecule has 7 rings (SSSR count). The van der Waals surface area contributed by atoms with Crippen molar-refractivity contribution in [2.45, 2.75) is 6.92 Å². The Balaban J connectivity index is 1.40. The maximum Gasteiger partial charge on any atom is 0.138 e. The number of para-hydroxylation sites is 1. The lowest BCUT2D eigenvalue weighted by Crippen LogP contribution is -2.10. The highest BCUT2D eigenvalue weighted by molar-refractivity contribution is 5.99. The summed E-state index contributed by atoms with van der Waals surface area (Å²) in [5.74, 6) is 0.912. The molecule has 0 amide bonds. The number of benzene rings is 6. The molecule has 0 spiro atoms. The summed E-state index contributed by atoms with van der Waals surface area (Å²) in [6.45, 7) is 2.14. The maximum atomic E-state index is 6.35. The molecule has 1 aromatic heterocycles. The summed E-state index contributed by atoms with van der Waals surface area (Å²) >= 11 is 0. The lowest BCUT2D eigenvalue weighted by atomic mass is 10.0. The van der Waals surface area contributed by atoms with Crippen molar-refractivity contribution in [1.82, 2.24) is 0 Å². The fourth-order valence-corrected chi connectivity index (χ4v) is 5.50. The normalized spacial score (nSPS) is 11.2. The molecular weight excluding hydrogens is 474 g/mol. The zero-order chi connectivity index (χ0) is 26.2.